The summed E-state index contributed by atoms with van der Waals surface area (Å²) in [5.41, 5.74) is 0. The van der Waals surface area contributed by atoms with Crippen LogP contribution in [0.2, 0.25) is 0 Å². The van der Waals surface area contributed by atoms with Crippen LogP contribution >= 0.6 is 11.8 Å². The van der Waals surface area contributed by atoms with Gasteiger partial charge in [0.25, 0.3) is 0 Å². The lowest BCUT2D eigenvalue weighted by Crippen LogP contribution is -2.53. The molecule has 2 fully saturated rings. The minimum absolute atomic E-state index is 0.782. The monoisotopic (exact) mass is 242 g/mol. The zero-order valence-corrected chi connectivity index (χ0v) is 11.6. The van der Waals surface area contributed by atoms with Gasteiger partial charge in [0.2, 0.25) is 0 Å². The van der Waals surface area contributed by atoms with Gasteiger partial charge in [-0.1, -0.05) is 13.8 Å². The van der Waals surface area contributed by atoms with Crippen molar-refractivity contribution in [3.8, 4) is 0 Å². The summed E-state index contributed by atoms with van der Waals surface area (Å²) in [7, 11) is 0. The maximum Gasteiger partial charge on any atom is 0.0136 e. The molecule has 2 aliphatic rings. The second kappa shape index (κ2) is 6.27. The van der Waals surface area contributed by atoms with Crippen molar-refractivity contribution in [2.24, 2.45) is 11.8 Å². The van der Waals surface area contributed by atoms with Crippen LogP contribution in [0.1, 0.15) is 26.7 Å². The van der Waals surface area contributed by atoms with Crippen molar-refractivity contribution in [1.29, 1.82) is 0 Å². The lowest BCUT2D eigenvalue weighted by Gasteiger charge is -2.46. The van der Waals surface area contributed by atoms with E-state index in [2.05, 4.69) is 35.8 Å². The van der Waals surface area contributed by atoms with Crippen LogP contribution in [0.3, 0.4) is 0 Å². The average Bonchev–Trinajstić information content (AvgIpc) is 2.24. The Morgan fingerprint density at radius 2 is 2.00 bits per heavy atom. The Balaban J connectivity index is 1.66. The van der Waals surface area contributed by atoms with Crippen LogP contribution < -0.4 is 5.32 Å². The van der Waals surface area contributed by atoms with Gasteiger partial charge >= 0.3 is 0 Å². The van der Waals surface area contributed by atoms with E-state index in [1.54, 1.807) is 0 Å². The van der Waals surface area contributed by atoms with Crippen LogP contribution in [0.4, 0.5) is 0 Å². The van der Waals surface area contributed by atoms with E-state index in [1.807, 2.05) is 0 Å². The second-order valence-electron chi connectivity index (χ2n) is 5.61. The second-order valence-corrected chi connectivity index (χ2v) is 6.83. The molecule has 0 aromatic rings. The molecular weight excluding hydrogens is 216 g/mol. The van der Waals surface area contributed by atoms with E-state index >= 15 is 0 Å². The molecule has 1 heterocycles. The van der Waals surface area contributed by atoms with Gasteiger partial charge < -0.3 is 5.32 Å². The summed E-state index contributed by atoms with van der Waals surface area (Å²) in [6.45, 7) is 9.65. The van der Waals surface area contributed by atoms with Gasteiger partial charge in [-0.15, -0.1) is 0 Å². The van der Waals surface area contributed by atoms with Crippen molar-refractivity contribution in [2.75, 3.05) is 37.7 Å². The Labute approximate surface area is 105 Å². The lowest BCUT2D eigenvalue weighted by molar-refractivity contribution is 0.0699. The van der Waals surface area contributed by atoms with E-state index in [-0.39, 0.29) is 0 Å². The molecule has 1 N–H and O–H groups in total. The van der Waals surface area contributed by atoms with E-state index in [0.717, 1.165) is 17.9 Å². The summed E-state index contributed by atoms with van der Waals surface area (Å²) in [5.74, 6) is 4.41. The topological polar surface area (TPSA) is 15.3 Å². The molecule has 1 aliphatic carbocycles. The van der Waals surface area contributed by atoms with Crippen molar-refractivity contribution < 1.29 is 0 Å². The van der Waals surface area contributed by atoms with E-state index in [1.165, 1.54) is 50.5 Å². The van der Waals surface area contributed by atoms with Crippen molar-refractivity contribution in [1.82, 2.24) is 10.2 Å². The van der Waals surface area contributed by atoms with Gasteiger partial charge in [0.1, 0.15) is 0 Å². The summed E-state index contributed by atoms with van der Waals surface area (Å²) in [5, 5.41) is 3.62. The highest BCUT2D eigenvalue weighted by Gasteiger charge is 2.35. The molecule has 0 amide bonds. The van der Waals surface area contributed by atoms with Crippen LogP contribution in [0.25, 0.3) is 0 Å². The fourth-order valence-electron chi connectivity index (χ4n) is 2.74. The van der Waals surface area contributed by atoms with Gasteiger partial charge in [0.05, 0.1) is 0 Å². The van der Waals surface area contributed by atoms with Gasteiger partial charge in [0, 0.05) is 30.6 Å². The van der Waals surface area contributed by atoms with Crippen LogP contribution in [0.5, 0.6) is 0 Å². The molecule has 1 saturated heterocycles. The highest BCUT2D eigenvalue weighted by atomic mass is 32.2. The van der Waals surface area contributed by atoms with Crippen molar-refractivity contribution in [2.45, 2.75) is 32.7 Å². The number of rotatable bonds is 5. The van der Waals surface area contributed by atoms with Crippen LogP contribution in [-0.2, 0) is 0 Å². The van der Waals surface area contributed by atoms with E-state index in [0.29, 0.717) is 0 Å². The fourth-order valence-corrected chi connectivity index (χ4v) is 3.67. The third-order valence-corrected chi connectivity index (χ3v) is 4.79. The molecule has 2 atom stereocenters. The first-order valence-electron chi connectivity index (χ1n) is 6.80. The molecule has 0 bridgehead atoms. The van der Waals surface area contributed by atoms with E-state index < -0.39 is 0 Å². The van der Waals surface area contributed by atoms with Gasteiger partial charge in [0.15, 0.2) is 0 Å². The average molecular weight is 242 g/mol. The molecule has 0 aromatic carbocycles. The zero-order chi connectivity index (χ0) is 11.4. The molecule has 3 heteroatoms. The first-order chi connectivity index (χ1) is 7.77. The largest absolute Gasteiger partial charge is 0.316 e. The number of thioether (sulfide) groups is 1. The highest BCUT2D eigenvalue weighted by molar-refractivity contribution is 7.99. The summed E-state index contributed by atoms with van der Waals surface area (Å²) in [6.07, 6.45) is 2.89. The third-order valence-electron chi connectivity index (χ3n) is 3.85. The Kier molecular flexibility index (Phi) is 4.98. The summed E-state index contributed by atoms with van der Waals surface area (Å²) >= 11 is 2.12. The quantitative estimate of drug-likeness (QED) is 0.794. The predicted octanol–water partition coefficient (Wildman–Crippen LogP) is 2.06. The number of nitrogens with one attached hydrogen (secondary N) is 1. The molecule has 2 unspecified atom stereocenters. The van der Waals surface area contributed by atoms with Gasteiger partial charge in [-0.3, -0.25) is 4.90 Å². The predicted molar refractivity (Wildman–Crippen MR) is 73.1 cm³/mol. The lowest BCUT2D eigenvalue weighted by atomic mass is 9.78. The molecule has 1 aliphatic heterocycles. The molecule has 0 radical (unpaired) electrons. The standard InChI is InChI=1S/C13H26N2S/c1-11(2)9-14-10-12-3-4-13(12)15-5-7-16-8-6-15/h11-14H,3-10H2,1-2H3. The molecule has 0 aromatic heterocycles. The minimum atomic E-state index is 0.782. The van der Waals surface area contributed by atoms with Crippen LogP contribution in [-0.4, -0.2) is 48.6 Å². The number of hydrogen-bond donors (Lipinski definition) is 1. The van der Waals surface area contributed by atoms with Gasteiger partial charge in [-0.25, -0.2) is 0 Å². The Bertz CT molecular complexity index is 202. The fraction of sp³-hybridized carbons (Fsp3) is 1.00. The number of nitrogens with zero attached hydrogens (tertiary/aromatic N) is 1. The zero-order valence-electron chi connectivity index (χ0n) is 10.7. The molecule has 1 saturated carbocycles. The van der Waals surface area contributed by atoms with Gasteiger partial charge in [-0.2, -0.15) is 11.8 Å². The van der Waals surface area contributed by atoms with Crippen molar-refractivity contribution in [3.05, 3.63) is 0 Å². The van der Waals surface area contributed by atoms with Crippen molar-refractivity contribution >= 4 is 11.8 Å². The first kappa shape index (κ1) is 12.7. The molecule has 16 heavy (non-hydrogen) atoms. The third kappa shape index (κ3) is 3.38. The van der Waals surface area contributed by atoms with Crippen LogP contribution in [0.15, 0.2) is 0 Å². The molecule has 94 valence electrons. The summed E-state index contributed by atoms with van der Waals surface area (Å²) in [6, 6.07) is 0.903. The Morgan fingerprint density at radius 3 is 2.56 bits per heavy atom. The minimum Gasteiger partial charge on any atom is -0.316 e. The van der Waals surface area contributed by atoms with E-state index in [9.17, 15) is 0 Å². The van der Waals surface area contributed by atoms with Crippen LogP contribution in [0, 0.1) is 11.8 Å². The summed E-state index contributed by atoms with van der Waals surface area (Å²) in [4.78, 5) is 2.74. The SMILES string of the molecule is CC(C)CNCC1CCC1N1CCSCC1. The molecule has 0 spiro atoms. The Hall–Kier alpha value is 0.270. The molecule has 2 rings (SSSR count). The maximum atomic E-state index is 3.62. The highest BCUT2D eigenvalue weighted by Crippen LogP contribution is 2.32. The van der Waals surface area contributed by atoms with Gasteiger partial charge in [-0.05, 0) is 37.8 Å². The maximum absolute atomic E-state index is 3.62. The normalized spacial score (nSPS) is 31.7. The number of hydrogen-bond acceptors (Lipinski definition) is 3. The molecular formula is C13H26N2S. The first-order valence-corrected chi connectivity index (χ1v) is 7.95. The summed E-state index contributed by atoms with van der Waals surface area (Å²) < 4.78 is 0. The molecule has 2 nitrogen and oxygen atoms in total. The van der Waals surface area contributed by atoms with Crippen molar-refractivity contribution in [3.63, 3.8) is 0 Å². The Morgan fingerprint density at radius 1 is 1.25 bits per heavy atom. The van der Waals surface area contributed by atoms with E-state index in [4.69, 9.17) is 0 Å². The smallest absolute Gasteiger partial charge is 0.0136 e.